The van der Waals surface area contributed by atoms with E-state index in [0.29, 0.717) is 24.6 Å². The van der Waals surface area contributed by atoms with Gasteiger partial charge in [0.15, 0.2) is 5.78 Å². The van der Waals surface area contributed by atoms with Gasteiger partial charge in [-0.2, -0.15) is 0 Å². The van der Waals surface area contributed by atoms with Crippen molar-refractivity contribution in [3.8, 4) is 0 Å². The van der Waals surface area contributed by atoms with E-state index in [4.69, 9.17) is 5.11 Å². The molecule has 3 amide bonds. The van der Waals surface area contributed by atoms with E-state index < -0.39 is 48.4 Å². The van der Waals surface area contributed by atoms with Gasteiger partial charge in [0.2, 0.25) is 17.7 Å². The number of aliphatic carboxylic acids is 4. The number of nitrogens with zero attached hydrogens (tertiary/aromatic N) is 4. The summed E-state index contributed by atoms with van der Waals surface area (Å²) in [6, 6.07) is -1.68. The topological polar surface area (TPSA) is 287 Å². The number of hydrogen-bond acceptors (Lipinski definition) is 18. The van der Waals surface area contributed by atoms with Crippen molar-refractivity contribution < 1.29 is 98.7 Å². The zero-order valence-electron chi connectivity index (χ0n) is 31.2. The summed E-state index contributed by atoms with van der Waals surface area (Å²) in [6.07, 6.45) is -0.0883. The quantitative estimate of drug-likeness (QED) is 0.0429. The molecule has 5 N–H and O–H groups in total. The van der Waals surface area contributed by atoms with E-state index in [1.807, 2.05) is 0 Å². The summed E-state index contributed by atoms with van der Waals surface area (Å²) >= 11 is 0. The smallest absolute Gasteiger partial charge is 0.549 e. The van der Waals surface area contributed by atoms with E-state index >= 15 is 0 Å². The minimum absolute atomic E-state index is 0. The van der Waals surface area contributed by atoms with Crippen molar-refractivity contribution in [2.45, 2.75) is 74.4 Å². The summed E-state index contributed by atoms with van der Waals surface area (Å²) < 4.78 is 0. The van der Waals surface area contributed by atoms with Gasteiger partial charge in [-0.25, -0.2) is 0 Å². The monoisotopic (exact) mass is 1030 g/mol. The maximum absolute atomic E-state index is 12.8. The normalized spacial score (nSPS) is 15.2. The van der Waals surface area contributed by atoms with E-state index in [9.17, 15) is 53.7 Å². The number of nitrogens with one attached hydrogen (secondary N) is 4. The van der Waals surface area contributed by atoms with Crippen LogP contribution in [0.15, 0.2) is 0 Å². The molecule has 1 heterocycles. The zero-order valence-corrected chi connectivity index (χ0v) is 35.1. The van der Waals surface area contributed by atoms with Gasteiger partial charge in [0, 0.05) is 109 Å². The molecule has 1 rings (SSSR count). The minimum atomic E-state index is -1.31. The second kappa shape index (κ2) is 38.7. The molecular formula is C36H69GdN8O12S2. The molecule has 1 saturated heterocycles. The molecule has 1 radical (unpaired) electrons. The summed E-state index contributed by atoms with van der Waals surface area (Å²) in [5, 5.41) is 53.7. The van der Waals surface area contributed by atoms with E-state index in [1.54, 1.807) is 19.6 Å². The second-order valence-electron chi connectivity index (χ2n) is 12.5. The number of ketones is 1. The van der Waals surface area contributed by atoms with Crippen LogP contribution in [0, 0.1) is 39.9 Å². The molecule has 59 heavy (non-hydrogen) atoms. The molecule has 23 heteroatoms. The van der Waals surface area contributed by atoms with Gasteiger partial charge in [0.05, 0.1) is 36.5 Å². The molecule has 2 unspecified atom stereocenters. The fraction of sp³-hybridized carbons (Fsp3) is 0.778. The Bertz CT molecular complexity index is 1230. The van der Waals surface area contributed by atoms with E-state index in [2.05, 4.69) is 21.3 Å². The van der Waals surface area contributed by atoms with Crippen LogP contribution in [0.2, 0.25) is 0 Å². The van der Waals surface area contributed by atoms with E-state index in [1.165, 1.54) is 35.6 Å². The SMILES string of the molecule is C.C.C.C.CNC(CCC(=O)O)C(=O)NC(CCC(=O)NCCSSCCNC(=O)CN1CCN(CC(=O)[O-])CCN(CC(=O)[O-])CCN(CC(=O)[O-])CC1)C(C)=O.[Gd+3]. The van der Waals surface area contributed by atoms with Crippen molar-refractivity contribution in [1.29, 1.82) is 0 Å². The summed E-state index contributed by atoms with van der Waals surface area (Å²) in [4.78, 5) is 101. The predicted octanol–water partition coefficient (Wildman–Crippen LogP) is -4.08. The van der Waals surface area contributed by atoms with Gasteiger partial charge >= 0.3 is 45.9 Å². The van der Waals surface area contributed by atoms with Crippen molar-refractivity contribution in [2.24, 2.45) is 0 Å². The number of carboxylic acids is 4. The fourth-order valence-corrected chi connectivity index (χ4v) is 7.10. The van der Waals surface area contributed by atoms with Crippen molar-refractivity contribution in [2.75, 3.05) is 110 Å². The Labute approximate surface area is 390 Å². The average molecular weight is 1030 g/mol. The summed E-state index contributed by atoms with van der Waals surface area (Å²) in [7, 11) is 4.48. The first-order chi connectivity index (χ1) is 25.6. The molecule has 0 aromatic rings. The van der Waals surface area contributed by atoms with Crippen LogP contribution in [0.1, 0.15) is 62.3 Å². The Morgan fingerprint density at radius 2 is 0.949 bits per heavy atom. The van der Waals surface area contributed by atoms with Crippen LogP contribution in [0.5, 0.6) is 0 Å². The molecule has 0 saturated carbocycles. The van der Waals surface area contributed by atoms with Gasteiger partial charge < -0.3 is 56.1 Å². The fourth-order valence-electron chi connectivity index (χ4n) is 5.29. The third-order valence-electron chi connectivity index (χ3n) is 8.23. The molecule has 2 atom stereocenters. The molecule has 1 aliphatic heterocycles. The predicted molar refractivity (Wildman–Crippen MR) is 220 cm³/mol. The minimum Gasteiger partial charge on any atom is -0.549 e. The van der Waals surface area contributed by atoms with Crippen molar-refractivity contribution in [3.63, 3.8) is 0 Å². The van der Waals surface area contributed by atoms with Gasteiger partial charge in [-0.15, -0.1) is 0 Å². The first kappa shape index (κ1) is 65.9. The van der Waals surface area contributed by atoms with Crippen LogP contribution in [-0.2, 0) is 38.4 Å². The number of hydrogen-bond donors (Lipinski definition) is 5. The Morgan fingerprint density at radius 3 is 1.29 bits per heavy atom. The Hall–Kier alpha value is -2.22. The average Bonchev–Trinajstić information content (AvgIpc) is 3.08. The molecule has 345 valence electrons. The van der Waals surface area contributed by atoms with Crippen LogP contribution in [-0.4, -0.2) is 194 Å². The third kappa shape index (κ3) is 34.1. The number of carbonyl (C=O) groups is 8. The first-order valence-electron chi connectivity index (χ1n) is 17.6. The van der Waals surface area contributed by atoms with E-state index in [0.717, 1.165) is 0 Å². The standard InChI is InChI=1S/C32H56N8O12S2.4CH4.Gd/c1-23(41)24(36-32(52)25(33-2)4-6-28(44)45)3-5-26(42)34-7-17-53-54-18-8-35-27(43)19-37-9-11-38(20-29(46)47)13-15-40(22-31(50)51)16-14-39(12-10-37)21-30(48)49;;;;;/h24-25,33H,3-22H2,1-2H3,(H,34,42)(H,35,43)(H,36,52)(H,44,45)(H,46,47)(H,48,49)(H,50,51);4*1H4;/q;;;;;+3/p-3. The van der Waals surface area contributed by atoms with Crippen LogP contribution in [0.4, 0.5) is 0 Å². The molecule has 0 aliphatic carbocycles. The number of carboxylic acid groups (broad SMARTS) is 4. The largest absolute Gasteiger partial charge is 3.00 e. The molecule has 1 aliphatic rings. The summed E-state index contributed by atoms with van der Waals surface area (Å²) in [5.74, 6) is -5.25. The number of likely N-dealkylation sites (N-methyl/N-ethyl adjacent to an activating group) is 1. The van der Waals surface area contributed by atoms with Crippen LogP contribution < -0.4 is 36.6 Å². The molecule has 20 nitrogen and oxygen atoms in total. The molecular weight excluding hydrogens is 958 g/mol. The van der Waals surface area contributed by atoms with Gasteiger partial charge in [-0.05, 0) is 26.8 Å². The molecule has 0 spiro atoms. The van der Waals surface area contributed by atoms with Crippen LogP contribution >= 0.6 is 21.6 Å². The Morgan fingerprint density at radius 1 is 0.593 bits per heavy atom. The van der Waals surface area contributed by atoms with Crippen LogP contribution in [0.3, 0.4) is 0 Å². The number of carbonyl (C=O) groups excluding carboxylic acids is 7. The zero-order chi connectivity index (χ0) is 40.5. The maximum Gasteiger partial charge on any atom is 3.00 e. The number of rotatable bonds is 25. The van der Waals surface area contributed by atoms with Crippen LogP contribution in [0.25, 0.3) is 0 Å². The first-order valence-corrected chi connectivity index (χ1v) is 20.0. The van der Waals surface area contributed by atoms with Gasteiger partial charge in [0.25, 0.3) is 0 Å². The molecule has 1 fully saturated rings. The third-order valence-corrected chi connectivity index (χ3v) is 10.6. The Balaban J connectivity index is -0.00000194. The molecule has 0 aromatic carbocycles. The number of amides is 3. The number of Topliss-reactive ketones (excluding diaryl/α,β-unsaturated/α-hetero) is 1. The van der Waals surface area contributed by atoms with E-state index in [-0.39, 0.29) is 185 Å². The van der Waals surface area contributed by atoms with Gasteiger partial charge in [0.1, 0.15) is 0 Å². The van der Waals surface area contributed by atoms with Crippen molar-refractivity contribution >= 4 is 69.0 Å². The van der Waals surface area contributed by atoms with Crippen molar-refractivity contribution in [1.82, 2.24) is 40.9 Å². The molecule has 0 bridgehead atoms. The second-order valence-corrected chi connectivity index (χ2v) is 15.3. The molecule has 0 aromatic heterocycles. The van der Waals surface area contributed by atoms with Gasteiger partial charge in [-0.3, -0.25) is 43.6 Å². The van der Waals surface area contributed by atoms with Crippen molar-refractivity contribution in [3.05, 3.63) is 0 Å². The Kier molecular flexibility index (Phi) is 43.2. The van der Waals surface area contributed by atoms with Gasteiger partial charge in [-0.1, -0.05) is 51.3 Å². The summed E-state index contributed by atoms with van der Waals surface area (Å²) in [5.41, 5.74) is 0. The summed E-state index contributed by atoms with van der Waals surface area (Å²) in [6.45, 7) is 2.67. The maximum atomic E-state index is 12.8.